The molecule has 0 saturated heterocycles. The number of hydrogen-bond acceptors (Lipinski definition) is 5. The first-order valence-electron chi connectivity index (χ1n) is 12.8. The molecule has 8 nitrogen and oxygen atoms in total. The van der Waals surface area contributed by atoms with Gasteiger partial charge in [0, 0.05) is 28.1 Å². The van der Waals surface area contributed by atoms with Gasteiger partial charge in [0.1, 0.15) is 17.4 Å². The SMILES string of the molecule is CC1(C)Cc2c(c(-c3ccc(F)cc3)c(C#N)c(=O)n2-c2ccc(S(N)(=O)=O)cc2)-c2c1cnn2-c1ccccc1. The van der Waals surface area contributed by atoms with Crippen LogP contribution < -0.4 is 10.7 Å². The van der Waals surface area contributed by atoms with E-state index in [1.165, 1.54) is 41.0 Å². The molecule has 0 radical (unpaired) electrons. The summed E-state index contributed by atoms with van der Waals surface area (Å²) in [6.07, 6.45) is 2.21. The van der Waals surface area contributed by atoms with E-state index in [1.807, 2.05) is 36.5 Å². The Hall–Kier alpha value is -4.85. The number of para-hydroxylation sites is 1. The lowest BCUT2D eigenvalue weighted by molar-refractivity contribution is 0.501. The first-order chi connectivity index (χ1) is 19.5. The number of halogens is 1. The molecule has 0 saturated carbocycles. The van der Waals surface area contributed by atoms with Crippen molar-refractivity contribution in [1.29, 1.82) is 5.26 Å². The highest BCUT2D eigenvalue weighted by molar-refractivity contribution is 7.89. The third-order valence-electron chi connectivity index (χ3n) is 7.49. The van der Waals surface area contributed by atoms with Crippen molar-refractivity contribution in [3.8, 4) is 39.8 Å². The average Bonchev–Trinajstić information content (AvgIpc) is 3.40. The Morgan fingerprint density at radius 1 is 0.951 bits per heavy atom. The lowest BCUT2D eigenvalue weighted by Gasteiger charge is -2.35. The standard InChI is InChI=1S/C31H24FN5O3S/c1-31(2)16-26-28(29-25(31)18-35-37(29)22-6-4-3-5-7-22)27(19-8-10-20(32)11-9-19)24(17-33)30(38)36(26)21-12-14-23(15-13-21)41(34,39)40/h3-15,18H,16H2,1-2H3,(H2,34,39,40). The monoisotopic (exact) mass is 565 g/mol. The molecule has 0 spiro atoms. The minimum Gasteiger partial charge on any atom is -0.279 e. The van der Waals surface area contributed by atoms with Crippen LogP contribution in [0.3, 0.4) is 0 Å². The minimum absolute atomic E-state index is 0.101. The van der Waals surface area contributed by atoms with Crippen LogP contribution in [0.1, 0.15) is 30.7 Å². The van der Waals surface area contributed by atoms with Crippen LogP contribution >= 0.6 is 0 Å². The van der Waals surface area contributed by atoms with E-state index in [0.717, 1.165) is 11.3 Å². The fourth-order valence-electron chi connectivity index (χ4n) is 5.57. The van der Waals surface area contributed by atoms with Gasteiger partial charge >= 0.3 is 0 Å². The van der Waals surface area contributed by atoms with Gasteiger partial charge in [-0.2, -0.15) is 10.4 Å². The van der Waals surface area contributed by atoms with E-state index in [-0.39, 0.29) is 10.5 Å². The van der Waals surface area contributed by atoms with Crippen molar-refractivity contribution in [2.75, 3.05) is 0 Å². The number of primary sulfonamides is 1. The first kappa shape index (κ1) is 26.4. The molecule has 0 bridgehead atoms. The van der Waals surface area contributed by atoms with E-state index >= 15 is 0 Å². The Labute approximate surface area is 235 Å². The highest BCUT2D eigenvalue weighted by atomic mass is 32.2. The summed E-state index contributed by atoms with van der Waals surface area (Å²) in [5.41, 5.74) is 3.78. The summed E-state index contributed by atoms with van der Waals surface area (Å²) in [5.74, 6) is -0.444. The molecule has 5 aromatic rings. The molecule has 3 aromatic carbocycles. The maximum absolute atomic E-state index is 14.1. The Balaban J connectivity index is 1.78. The summed E-state index contributed by atoms with van der Waals surface area (Å²) in [6, 6.07) is 23.0. The average molecular weight is 566 g/mol. The van der Waals surface area contributed by atoms with Crippen molar-refractivity contribution in [3.05, 3.63) is 118 Å². The van der Waals surface area contributed by atoms with Gasteiger partial charge in [0.15, 0.2) is 0 Å². The van der Waals surface area contributed by atoms with Crippen LogP contribution in [0.15, 0.2) is 94.7 Å². The van der Waals surface area contributed by atoms with E-state index in [4.69, 9.17) is 10.2 Å². The number of nitrogens with zero attached hydrogens (tertiary/aromatic N) is 4. The Bertz CT molecular complexity index is 2040. The number of benzene rings is 3. The van der Waals surface area contributed by atoms with E-state index in [0.29, 0.717) is 40.2 Å². The van der Waals surface area contributed by atoms with Crippen molar-refractivity contribution in [2.45, 2.75) is 30.6 Å². The lowest BCUT2D eigenvalue weighted by Crippen LogP contribution is -2.34. The number of rotatable bonds is 4. The number of fused-ring (bicyclic) bond motifs is 3. The zero-order chi connectivity index (χ0) is 29.1. The van der Waals surface area contributed by atoms with Crippen LogP contribution in [0.2, 0.25) is 0 Å². The summed E-state index contributed by atoms with van der Waals surface area (Å²) < 4.78 is 41.0. The summed E-state index contributed by atoms with van der Waals surface area (Å²) >= 11 is 0. The van der Waals surface area contributed by atoms with Crippen LogP contribution in [-0.2, 0) is 21.9 Å². The molecular weight excluding hydrogens is 541 g/mol. The number of nitriles is 1. The van der Waals surface area contributed by atoms with Gasteiger partial charge in [0.05, 0.1) is 22.5 Å². The largest absolute Gasteiger partial charge is 0.279 e. The summed E-state index contributed by atoms with van der Waals surface area (Å²) in [4.78, 5) is 14.0. The number of nitrogens with two attached hydrogens (primary N) is 1. The van der Waals surface area contributed by atoms with Gasteiger partial charge in [0.25, 0.3) is 5.56 Å². The molecule has 2 heterocycles. The second-order valence-electron chi connectivity index (χ2n) is 10.6. The summed E-state index contributed by atoms with van der Waals surface area (Å²) in [7, 11) is -3.96. The number of pyridine rings is 1. The van der Waals surface area contributed by atoms with E-state index in [1.54, 1.807) is 16.8 Å². The van der Waals surface area contributed by atoms with Crippen LogP contribution in [-0.4, -0.2) is 22.8 Å². The molecule has 6 rings (SSSR count). The zero-order valence-corrected chi connectivity index (χ0v) is 23.0. The predicted octanol–water partition coefficient (Wildman–Crippen LogP) is 4.85. The Kier molecular flexibility index (Phi) is 6.03. The van der Waals surface area contributed by atoms with Gasteiger partial charge < -0.3 is 0 Å². The van der Waals surface area contributed by atoms with Gasteiger partial charge in [-0.1, -0.05) is 44.2 Å². The summed E-state index contributed by atoms with van der Waals surface area (Å²) in [5, 5.41) is 20.4. The zero-order valence-electron chi connectivity index (χ0n) is 22.2. The second-order valence-corrected chi connectivity index (χ2v) is 12.1. The van der Waals surface area contributed by atoms with Gasteiger partial charge in [-0.3, -0.25) is 9.36 Å². The molecule has 204 valence electrons. The highest BCUT2D eigenvalue weighted by Gasteiger charge is 2.39. The third kappa shape index (κ3) is 4.27. The smallest absolute Gasteiger partial charge is 0.273 e. The number of sulfonamides is 1. The van der Waals surface area contributed by atoms with Crippen LogP contribution in [0.25, 0.3) is 33.8 Å². The minimum atomic E-state index is -3.96. The van der Waals surface area contributed by atoms with Gasteiger partial charge in [-0.05, 0) is 65.9 Å². The first-order valence-corrected chi connectivity index (χ1v) is 14.3. The predicted molar refractivity (Wildman–Crippen MR) is 153 cm³/mol. The van der Waals surface area contributed by atoms with E-state index < -0.39 is 26.8 Å². The number of hydrogen-bond donors (Lipinski definition) is 1. The van der Waals surface area contributed by atoms with Crippen LogP contribution in [0.5, 0.6) is 0 Å². The molecule has 1 aliphatic rings. The maximum atomic E-state index is 14.1. The molecular formula is C31H24FN5O3S. The van der Waals surface area contributed by atoms with Gasteiger partial charge in [-0.15, -0.1) is 0 Å². The van der Waals surface area contributed by atoms with E-state index in [9.17, 15) is 22.9 Å². The molecule has 0 atom stereocenters. The molecule has 41 heavy (non-hydrogen) atoms. The molecule has 10 heteroatoms. The van der Waals surface area contributed by atoms with Crippen molar-refractivity contribution in [1.82, 2.24) is 14.3 Å². The van der Waals surface area contributed by atoms with Crippen molar-refractivity contribution in [2.24, 2.45) is 5.14 Å². The van der Waals surface area contributed by atoms with Crippen LogP contribution in [0, 0.1) is 17.1 Å². The van der Waals surface area contributed by atoms with Crippen molar-refractivity contribution in [3.63, 3.8) is 0 Å². The lowest BCUT2D eigenvalue weighted by atomic mass is 9.72. The van der Waals surface area contributed by atoms with Crippen molar-refractivity contribution < 1.29 is 12.8 Å². The summed E-state index contributed by atoms with van der Waals surface area (Å²) in [6.45, 7) is 4.11. The molecule has 0 unspecified atom stereocenters. The second kappa shape index (κ2) is 9.37. The van der Waals surface area contributed by atoms with Gasteiger partial charge in [0.2, 0.25) is 10.0 Å². The highest BCUT2D eigenvalue weighted by Crippen LogP contribution is 2.48. The fourth-order valence-corrected chi connectivity index (χ4v) is 6.09. The molecule has 0 fully saturated rings. The topological polar surface area (TPSA) is 124 Å². The Morgan fingerprint density at radius 2 is 1.61 bits per heavy atom. The molecule has 0 aliphatic heterocycles. The van der Waals surface area contributed by atoms with Crippen LogP contribution in [0.4, 0.5) is 4.39 Å². The third-order valence-corrected chi connectivity index (χ3v) is 8.42. The normalized spacial score (nSPS) is 13.7. The molecule has 2 aromatic heterocycles. The maximum Gasteiger partial charge on any atom is 0.273 e. The van der Waals surface area contributed by atoms with Crippen molar-refractivity contribution >= 4 is 10.0 Å². The van der Waals surface area contributed by atoms with E-state index in [2.05, 4.69) is 19.9 Å². The molecule has 2 N–H and O–H groups in total. The fraction of sp³-hybridized carbons (Fsp3) is 0.129. The number of aromatic nitrogens is 3. The molecule has 1 aliphatic carbocycles. The Morgan fingerprint density at radius 3 is 2.22 bits per heavy atom. The van der Waals surface area contributed by atoms with Gasteiger partial charge in [-0.25, -0.2) is 22.6 Å². The molecule has 0 amide bonds. The quantitative estimate of drug-likeness (QED) is 0.334.